The van der Waals surface area contributed by atoms with E-state index in [1.54, 1.807) is 0 Å². The number of carbonyl (C=O) groups excluding carboxylic acids is 2. The molecule has 0 saturated carbocycles. The molecule has 1 unspecified atom stereocenters. The van der Waals surface area contributed by atoms with Gasteiger partial charge in [0.2, 0.25) is 11.8 Å². The third kappa shape index (κ3) is 2.93. The van der Waals surface area contributed by atoms with Crippen LogP contribution in [0.1, 0.15) is 60.8 Å². The number of carbonyl (C=O) groups is 2. The lowest BCUT2D eigenvalue weighted by atomic mass is 9.81. The minimum absolute atomic E-state index is 0.0424. The summed E-state index contributed by atoms with van der Waals surface area (Å²) in [4.78, 5) is 26.5. The molecule has 4 nitrogen and oxygen atoms in total. The first-order chi connectivity index (χ1) is 8.71. The van der Waals surface area contributed by atoms with E-state index in [2.05, 4.69) is 26.1 Å². The molecule has 110 valence electrons. The Morgan fingerprint density at radius 2 is 1.58 bits per heavy atom. The number of hydrogen-bond donors (Lipinski definition) is 1. The molecule has 1 atom stereocenters. The lowest BCUT2D eigenvalue weighted by Crippen LogP contribution is -2.67. The van der Waals surface area contributed by atoms with Gasteiger partial charge >= 0.3 is 0 Å². The van der Waals surface area contributed by atoms with Gasteiger partial charge in [-0.1, -0.05) is 41.5 Å². The van der Waals surface area contributed by atoms with Gasteiger partial charge in [-0.15, -0.1) is 0 Å². The van der Waals surface area contributed by atoms with Crippen LogP contribution in [-0.4, -0.2) is 34.8 Å². The maximum Gasteiger partial charge on any atom is 0.246 e. The van der Waals surface area contributed by atoms with Gasteiger partial charge in [-0.25, -0.2) is 0 Å². The standard InChI is InChI=1S/C15H28N2O2/c1-7-15(8-2,9-3)17-10-11(18)16-12(13(17)19)14(4,5)6/h12H,7-10H2,1-6H3,(H,16,18). The van der Waals surface area contributed by atoms with E-state index in [-0.39, 0.29) is 29.3 Å². The maximum atomic E-state index is 12.8. The molecule has 0 spiro atoms. The summed E-state index contributed by atoms with van der Waals surface area (Å²) < 4.78 is 0. The molecular formula is C15H28N2O2. The first-order valence-corrected chi connectivity index (χ1v) is 7.32. The molecule has 1 aliphatic rings. The van der Waals surface area contributed by atoms with E-state index in [1.165, 1.54) is 0 Å². The summed E-state index contributed by atoms with van der Waals surface area (Å²) >= 11 is 0. The fourth-order valence-electron chi connectivity index (χ4n) is 2.96. The fraction of sp³-hybridized carbons (Fsp3) is 0.867. The molecular weight excluding hydrogens is 240 g/mol. The van der Waals surface area contributed by atoms with Gasteiger partial charge in [-0.3, -0.25) is 9.59 Å². The van der Waals surface area contributed by atoms with Gasteiger partial charge in [-0.05, 0) is 24.7 Å². The Hall–Kier alpha value is -1.06. The van der Waals surface area contributed by atoms with E-state index >= 15 is 0 Å². The smallest absolute Gasteiger partial charge is 0.246 e. The summed E-state index contributed by atoms with van der Waals surface area (Å²) in [6.45, 7) is 12.5. The summed E-state index contributed by atoms with van der Waals surface area (Å²) in [5.41, 5.74) is -0.440. The van der Waals surface area contributed by atoms with Crippen molar-refractivity contribution >= 4 is 11.8 Å². The third-order valence-electron chi connectivity index (χ3n) is 4.53. The van der Waals surface area contributed by atoms with E-state index in [4.69, 9.17) is 0 Å². The normalized spacial score (nSPS) is 21.6. The van der Waals surface area contributed by atoms with E-state index in [1.807, 2.05) is 25.7 Å². The van der Waals surface area contributed by atoms with Crippen molar-refractivity contribution in [3.63, 3.8) is 0 Å². The molecule has 0 aliphatic carbocycles. The number of piperazine rings is 1. The van der Waals surface area contributed by atoms with Gasteiger partial charge in [0.15, 0.2) is 0 Å². The van der Waals surface area contributed by atoms with Crippen molar-refractivity contribution in [1.29, 1.82) is 0 Å². The molecule has 1 fully saturated rings. The zero-order chi connectivity index (χ0) is 14.8. The molecule has 0 aromatic heterocycles. The lowest BCUT2D eigenvalue weighted by Gasteiger charge is -2.48. The van der Waals surface area contributed by atoms with E-state index in [0.717, 1.165) is 19.3 Å². The number of hydrogen-bond acceptors (Lipinski definition) is 2. The van der Waals surface area contributed by atoms with Gasteiger partial charge in [0.05, 0.1) is 0 Å². The highest BCUT2D eigenvalue weighted by Gasteiger charge is 2.46. The van der Waals surface area contributed by atoms with Crippen molar-refractivity contribution in [2.24, 2.45) is 5.41 Å². The lowest BCUT2D eigenvalue weighted by molar-refractivity contribution is -0.154. The average molecular weight is 268 g/mol. The third-order valence-corrected chi connectivity index (χ3v) is 4.53. The Balaban J connectivity index is 3.13. The van der Waals surface area contributed by atoms with Crippen molar-refractivity contribution in [3.8, 4) is 0 Å². The van der Waals surface area contributed by atoms with Gasteiger partial charge in [-0.2, -0.15) is 0 Å². The van der Waals surface area contributed by atoms with Crippen molar-refractivity contribution < 1.29 is 9.59 Å². The van der Waals surface area contributed by atoms with Crippen LogP contribution < -0.4 is 5.32 Å². The van der Waals surface area contributed by atoms with Gasteiger partial charge in [0, 0.05) is 5.54 Å². The molecule has 0 aromatic rings. The zero-order valence-electron chi connectivity index (χ0n) is 13.2. The number of amides is 2. The van der Waals surface area contributed by atoms with Gasteiger partial charge in [0.1, 0.15) is 12.6 Å². The summed E-state index contributed by atoms with van der Waals surface area (Å²) in [7, 11) is 0. The van der Waals surface area contributed by atoms with E-state index in [0.29, 0.717) is 0 Å². The number of nitrogens with zero attached hydrogens (tertiary/aromatic N) is 1. The van der Waals surface area contributed by atoms with Crippen LogP contribution in [-0.2, 0) is 9.59 Å². The molecule has 2 amide bonds. The number of rotatable bonds is 4. The molecule has 0 aromatic carbocycles. The minimum Gasteiger partial charge on any atom is -0.342 e. The fourth-order valence-corrected chi connectivity index (χ4v) is 2.96. The largest absolute Gasteiger partial charge is 0.342 e. The van der Waals surface area contributed by atoms with Crippen LogP contribution in [0.2, 0.25) is 0 Å². The SMILES string of the molecule is CCC(CC)(CC)N1CC(=O)NC(C(C)(C)C)C1=O. The zero-order valence-corrected chi connectivity index (χ0v) is 13.2. The second kappa shape index (κ2) is 5.51. The van der Waals surface area contributed by atoms with Crippen molar-refractivity contribution in [3.05, 3.63) is 0 Å². The predicted octanol–water partition coefficient (Wildman–Crippen LogP) is 2.33. The number of nitrogens with one attached hydrogen (secondary N) is 1. The van der Waals surface area contributed by atoms with E-state index < -0.39 is 6.04 Å². The van der Waals surface area contributed by atoms with Crippen LogP contribution in [0.4, 0.5) is 0 Å². The highest BCUT2D eigenvalue weighted by atomic mass is 16.2. The minimum atomic E-state index is -0.419. The molecule has 4 heteroatoms. The summed E-state index contributed by atoms with van der Waals surface area (Å²) in [5.74, 6) is 0.0249. The highest BCUT2D eigenvalue weighted by Crippen LogP contribution is 2.32. The monoisotopic (exact) mass is 268 g/mol. The maximum absolute atomic E-state index is 12.8. The van der Waals surface area contributed by atoms with Gasteiger partial charge < -0.3 is 10.2 Å². The van der Waals surface area contributed by atoms with Crippen LogP contribution in [0.3, 0.4) is 0 Å². The van der Waals surface area contributed by atoms with Crippen molar-refractivity contribution in [2.45, 2.75) is 72.4 Å². The molecule has 1 saturated heterocycles. The van der Waals surface area contributed by atoms with Crippen LogP contribution in [0.5, 0.6) is 0 Å². The summed E-state index contributed by atoms with van der Waals surface area (Å²) in [6.07, 6.45) is 2.65. The van der Waals surface area contributed by atoms with Crippen LogP contribution >= 0.6 is 0 Å². The molecule has 0 bridgehead atoms. The Bertz CT molecular complexity index is 345. The van der Waals surface area contributed by atoms with Gasteiger partial charge in [0.25, 0.3) is 0 Å². The molecule has 19 heavy (non-hydrogen) atoms. The molecule has 1 heterocycles. The van der Waals surface area contributed by atoms with E-state index in [9.17, 15) is 9.59 Å². The Labute approximate surface area is 116 Å². The average Bonchev–Trinajstić information content (AvgIpc) is 2.34. The topological polar surface area (TPSA) is 49.4 Å². The molecule has 1 aliphatic heterocycles. The quantitative estimate of drug-likeness (QED) is 0.850. The van der Waals surface area contributed by atoms with Crippen LogP contribution in [0.15, 0.2) is 0 Å². The van der Waals surface area contributed by atoms with Crippen LogP contribution in [0.25, 0.3) is 0 Å². The predicted molar refractivity (Wildman–Crippen MR) is 76.7 cm³/mol. The molecule has 1 rings (SSSR count). The first-order valence-electron chi connectivity index (χ1n) is 7.32. The molecule has 1 N–H and O–H groups in total. The second-order valence-electron chi connectivity index (χ2n) is 6.58. The first kappa shape index (κ1) is 16.0. The Morgan fingerprint density at radius 1 is 1.11 bits per heavy atom. The Morgan fingerprint density at radius 3 is 1.95 bits per heavy atom. The summed E-state index contributed by atoms with van der Waals surface area (Å²) in [6, 6.07) is -0.419. The second-order valence-corrected chi connectivity index (χ2v) is 6.58. The van der Waals surface area contributed by atoms with Crippen molar-refractivity contribution in [2.75, 3.05) is 6.54 Å². The van der Waals surface area contributed by atoms with Crippen molar-refractivity contribution in [1.82, 2.24) is 10.2 Å². The highest BCUT2D eigenvalue weighted by molar-refractivity contribution is 5.95. The Kier molecular flexibility index (Phi) is 4.64. The molecule has 0 radical (unpaired) electrons. The van der Waals surface area contributed by atoms with Crippen LogP contribution in [0, 0.1) is 5.41 Å². The summed E-state index contributed by atoms with van der Waals surface area (Å²) in [5, 5.41) is 2.85.